The summed E-state index contributed by atoms with van der Waals surface area (Å²) in [4.78, 5) is 22.5. The normalized spacial score (nSPS) is 10.2. The monoisotopic (exact) mass is 301 g/mol. The summed E-state index contributed by atoms with van der Waals surface area (Å²) in [5, 5.41) is 11.6. The molecule has 1 amide bonds. The van der Waals surface area contributed by atoms with E-state index in [1.165, 1.54) is 24.3 Å². The maximum absolute atomic E-state index is 12.8. The summed E-state index contributed by atoms with van der Waals surface area (Å²) in [6.07, 6.45) is 0.827. The minimum absolute atomic E-state index is 0.131. The number of aromatic carboxylic acids is 1. The third-order valence-electron chi connectivity index (χ3n) is 3.21. The molecule has 0 saturated heterocycles. The number of carboxylic acids is 1. The molecule has 0 heterocycles. The van der Waals surface area contributed by atoms with Crippen molar-refractivity contribution in [3.05, 3.63) is 71.0 Å². The average Bonchev–Trinajstić information content (AvgIpc) is 2.50. The van der Waals surface area contributed by atoms with E-state index in [0.29, 0.717) is 13.0 Å². The van der Waals surface area contributed by atoms with Gasteiger partial charge >= 0.3 is 5.97 Å². The molecule has 0 aromatic heterocycles. The Balaban J connectivity index is 1.77. The highest BCUT2D eigenvalue weighted by Crippen LogP contribution is 2.05. The molecule has 0 fully saturated rings. The zero-order valence-electron chi connectivity index (χ0n) is 11.9. The van der Waals surface area contributed by atoms with Gasteiger partial charge in [-0.25, -0.2) is 9.18 Å². The van der Waals surface area contributed by atoms with Gasteiger partial charge in [0.05, 0.1) is 12.0 Å². The molecule has 4 nitrogen and oxygen atoms in total. The van der Waals surface area contributed by atoms with Gasteiger partial charge in [-0.1, -0.05) is 24.3 Å². The van der Waals surface area contributed by atoms with Crippen LogP contribution in [0.5, 0.6) is 0 Å². The van der Waals surface area contributed by atoms with Gasteiger partial charge in [0.25, 0.3) is 0 Å². The number of hydrogen-bond acceptors (Lipinski definition) is 2. The predicted octanol–water partition coefficient (Wildman–Crippen LogP) is 2.43. The van der Waals surface area contributed by atoms with Crippen LogP contribution in [0.3, 0.4) is 0 Å². The van der Waals surface area contributed by atoms with E-state index >= 15 is 0 Å². The SMILES string of the molecule is O=C(Cc1ccc(F)cc1)NCCc1ccc(C(=O)O)cc1. The van der Waals surface area contributed by atoms with E-state index in [9.17, 15) is 14.0 Å². The fourth-order valence-electron chi connectivity index (χ4n) is 2.01. The van der Waals surface area contributed by atoms with E-state index in [1.54, 1.807) is 24.3 Å². The second-order valence-electron chi connectivity index (χ2n) is 4.91. The number of benzene rings is 2. The van der Waals surface area contributed by atoms with E-state index in [-0.39, 0.29) is 23.7 Å². The number of carbonyl (C=O) groups is 2. The molecule has 2 aromatic carbocycles. The second kappa shape index (κ2) is 7.36. The summed E-state index contributed by atoms with van der Waals surface area (Å²) >= 11 is 0. The molecule has 0 aliphatic heterocycles. The number of nitrogens with one attached hydrogen (secondary N) is 1. The van der Waals surface area contributed by atoms with Crippen LogP contribution in [0.2, 0.25) is 0 Å². The molecule has 0 unspecified atom stereocenters. The second-order valence-corrected chi connectivity index (χ2v) is 4.91. The Morgan fingerprint density at radius 3 is 2.14 bits per heavy atom. The summed E-state index contributed by atoms with van der Waals surface area (Å²) < 4.78 is 12.8. The molecule has 0 spiro atoms. The maximum Gasteiger partial charge on any atom is 0.335 e. The molecule has 0 saturated carbocycles. The molecular formula is C17H16FNO3. The highest BCUT2D eigenvalue weighted by atomic mass is 19.1. The van der Waals surface area contributed by atoms with E-state index in [2.05, 4.69) is 5.32 Å². The highest BCUT2D eigenvalue weighted by molar-refractivity contribution is 5.87. The Kier molecular flexibility index (Phi) is 5.25. The minimum atomic E-state index is -0.959. The first kappa shape index (κ1) is 15.7. The molecule has 2 aromatic rings. The van der Waals surface area contributed by atoms with E-state index in [1.807, 2.05) is 0 Å². The summed E-state index contributed by atoms with van der Waals surface area (Å²) in [6.45, 7) is 0.465. The van der Waals surface area contributed by atoms with E-state index < -0.39 is 5.97 Å². The van der Waals surface area contributed by atoms with Crippen molar-refractivity contribution in [2.24, 2.45) is 0 Å². The number of hydrogen-bond donors (Lipinski definition) is 2. The first-order valence-corrected chi connectivity index (χ1v) is 6.88. The molecule has 2 rings (SSSR count). The van der Waals surface area contributed by atoms with Crippen LogP contribution in [0.4, 0.5) is 4.39 Å². The number of halogens is 1. The lowest BCUT2D eigenvalue weighted by atomic mass is 10.1. The fourth-order valence-corrected chi connectivity index (χ4v) is 2.01. The molecule has 0 aliphatic rings. The quantitative estimate of drug-likeness (QED) is 0.861. The van der Waals surface area contributed by atoms with Crippen LogP contribution in [0.1, 0.15) is 21.5 Å². The number of carbonyl (C=O) groups excluding carboxylic acids is 1. The number of carboxylic acid groups (broad SMARTS) is 1. The van der Waals surface area contributed by atoms with Crippen molar-refractivity contribution in [3.8, 4) is 0 Å². The van der Waals surface area contributed by atoms with Crippen LogP contribution in [-0.2, 0) is 17.6 Å². The average molecular weight is 301 g/mol. The van der Waals surface area contributed by atoms with Crippen molar-refractivity contribution in [3.63, 3.8) is 0 Å². The zero-order valence-corrected chi connectivity index (χ0v) is 11.9. The lowest BCUT2D eigenvalue weighted by Gasteiger charge is -2.06. The molecule has 2 N–H and O–H groups in total. The third kappa shape index (κ3) is 4.70. The Morgan fingerprint density at radius 1 is 0.955 bits per heavy atom. The van der Waals surface area contributed by atoms with Crippen molar-refractivity contribution in [1.82, 2.24) is 5.32 Å². The first-order chi connectivity index (χ1) is 10.5. The lowest BCUT2D eigenvalue weighted by Crippen LogP contribution is -2.27. The van der Waals surface area contributed by atoms with Crippen molar-refractivity contribution in [2.45, 2.75) is 12.8 Å². The van der Waals surface area contributed by atoms with Crippen molar-refractivity contribution in [2.75, 3.05) is 6.54 Å². The van der Waals surface area contributed by atoms with E-state index in [4.69, 9.17) is 5.11 Å². The Bertz CT molecular complexity index is 651. The van der Waals surface area contributed by atoms with Gasteiger partial charge in [0.2, 0.25) is 5.91 Å². The topological polar surface area (TPSA) is 66.4 Å². The Hall–Kier alpha value is -2.69. The van der Waals surface area contributed by atoms with Crippen LogP contribution in [0, 0.1) is 5.82 Å². The fraction of sp³-hybridized carbons (Fsp3) is 0.176. The Morgan fingerprint density at radius 2 is 1.55 bits per heavy atom. The van der Waals surface area contributed by atoms with Gasteiger partial charge in [0.1, 0.15) is 5.82 Å². The summed E-state index contributed by atoms with van der Waals surface area (Å²) in [5.74, 6) is -1.41. The molecule has 22 heavy (non-hydrogen) atoms. The van der Waals surface area contributed by atoms with Gasteiger partial charge in [0, 0.05) is 6.54 Å². The predicted molar refractivity (Wildman–Crippen MR) is 80.2 cm³/mol. The molecule has 114 valence electrons. The largest absolute Gasteiger partial charge is 0.478 e. The van der Waals surface area contributed by atoms with Gasteiger partial charge in [-0.2, -0.15) is 0 Å². The van der Waals surface area contributed by atoms with Crippen LogP contribution in [0.15, 0.2) is 48.5 Å². The van der Waals surface area contributed by atoms with Gasteiger partial charge in [-0.15, -0.1) is 0 Å². The van der Waals surface area contributed by atoms with Gasteiger partial charge < -0.3 is 10.4 Å². The zero-order chi connectivity index (χ0) is 15.9. The van der Waals surface area contributed by atoms with Crippen LogP contribution < -0.4 is 5.32 Å². The van der Waals surface area contributed by atoms with Crippen molar-refractivity contribution < 1.29 is 19.1 Å². The standard InChI is InChI=1S/C17H16FNO3/c18-15-7-3-13(4-8-15)11-16(20)19-10-9-12-1-5-14(6-2-12)17(21)22/h1-8H,9-11H2,(H,19,20)(H,21,22). The van der Waals surface area contributed by atoms with Crippen LogP contribution in [-0.4, -0.2) is 23.5 Å². The van der Waals surface area contributed by atoms with Gasteiger partial charge in [-0.05, 0) is 41.8 Å². The lowest BCUT2D eigenvalue weighted by molar-refractivity contribution is -0.120. The minimum Gasteiger partial charge on any atom is -0.478 e. The highest BCUT2D eigenvalue weighted by Gasteiger charge is 2.04. The summed E-state index contributed by atoms with van der Waals surface area (Å²) in [6, 6.07) is 12.4. The van der Waals surface area contributed by atoms with E-state index in [0.717, 1.165) is 11.1 Å². The molecular weight excluding hydrogens is 285 g/mol. The molecule has 0 aliphatic carbocycles. The molecule has 0 radical (unpaired) electrons. The summed E-state index contributed by atoms with van der Waals surface area (Å²) in [7, 11) is 0. The molecule has 0 atom stereocenters. The van der Waals surface area contributed by atoms with Crippen LogP contribution >= 0.6 is 0 Å². The molecule has 0 bridgehead atoms. The third-order valence-corrected chi connectivity index (χ3v) is 3.21. The summed E-state index contributed by atoms with van der Waals surface area (Å²) in [5.41, 5.74) is 1.95. The van der Waals surface area contributed by atoms with Gasteiger partial charge in [-0.3, -0.25) is 4.79 Å². The Labute approximate surface area is 127 Å². The first-order valence-electron chi connectivity index (χ1n) is 6.88. The maximum atomic E-state index is 12.8. The van der Waals surface area contributed by atoms with Gasteiger partial charge in [0.15, 0.2) is 0 Å². The van der Waals surface area contributed by atoms with Crippen molar-refractivity contribution in [1.29, 1.82) is 0 Å². The number of rotatable bonds is 6. The molecule has 5 heteroatoms. The van der Waals surface area contributed by atoms with Crippen molar-refractivity contribution >= 4 is 11.9 Å². The van der Waals surface area contributed by atoms with Crippen LogP contribution in [0.25, 0.3) is 0 Å². The smallest absolute Gasteiger partial charge is 0.335 e. The number of amides is 1.